The summed E-state index contributed by atoms with van der Waals surface area (Å²) in [6.07, 6.45) is 3.65. The third-order valence-corrected chi connectivity index (χ3v) is 6.11. The number of H-pyrrole nitrogens is 1. The highest BCUT2D eigenvalue weighted by Gasteiger charge is 2.19. The average Bonchev–Trinajstić information content (AvgIpc) is 3.13. The molecule has 1 amide bonds. The molecule has 0 atom stereocenters. The van der Waals surface area contributed by atoms with Crippen LogP contribution in [0.1, 0.15) is 28.9 Å². The van der Waals surface area contributed by atoms with Gasteiger partial charge in [-0.1, -0.05) is 46.3 Å². The van der Waals surface area contributed by atoms with Crippen LogP contribution in [0.25, 0.3) is 10.9 Å². The monoisotopic (exact) mass is 439 g/mol. The highest BCUT2D eigenvalue weighted by molar-refractivity contribution is 9.10. The zero-order valence-electron chi connectivity index (χ0n) is 16.0. The van der Waals surface area contributed by atoms with Gasteiger partial charge in [0.15, 0.2) is 0 Å². The van der Waals surface area contributed by atoms with Crippen LogP contribution in [0.3, 0.4) is 0 Å². The number of aromatic amines is 1. The molecule has 0 spiro atoms. The normalized spacial score (nSPS) is 15.8. The number of carbonyl (C=O) groups excluding carboxylic acids is 1. The molecule has 2 N–H and O–H groups in total. The lowest BCUT2D eigenvalue weighted by Gasteiger charge is -2.32. The van der Waals surface area contributed by atoms with Crippen LogP contribution in [0.5, 0.6) is 0 Å². The molecule has 1 aliphatic rings. The average molecular weight is 440 g/mol. The van der Waals surface area contributed by atoms with E-state index in [0.29, 0.717) is 12.2 Å². The zero-order chi connectivity index (χ0) is 19.3. The largest absolute Gasteiger partial charge is 0.351 e. The number of nitrogens with one attached hydrogen (secondary N) is 2. The number of piperidine rings is 1. The van der Waals surface area contributed by atoms with E-state index in [1.165, 1.54) is 24.8 Å². The van der Waals surface area contributed by atoms with Crippen molar-refractivity contribution in [3.05, 3.63) is 70.3 Å². The molecule has 0 unspecified atom stereocenters. The minimum Gasteiger partial charge on any atom is -0.351 e. The lowest BCUT2D eigenvalue weighted by atomic mass is 9.90. The highest BCUT2D eigenvalue weighted by atomic mass is 79.9. The molecule has 0 aliphatic carbocycles. The van der Waals surface area contributed by atoms with E-state index < -0.39 is 0 Å². The van der Waals surface area contributed by atoms with Gasteiger partial charge in [-0.2, -0.15) is 0 Å². The minimum atomic E-state index is -0.0358. The van der Waals surface area contributed by atoms with E-state index in [0.717, 1.165) is 40.9 Å². The molecule has 1 fully saturated rings. The first kappa shape index (κ1) is 19.2. The van der Waals surface area contributed by atoms with Gasteiger partial charge in [-0.3, -0.25) is 4.79 Å². The maximum absolute atomic E-state index is 12.4. The molecule has 5 heteroatoms. The van der Waals surface area contributed by atoms with E-state index in [2.05, 4.69) is 61.5 Å². The van der Waals surface area contributed by atoms with Gasteiger partial charge < -0.3 is 15.2 Å². The molecular weight excluding hydrogens is 414 g/mol. The molecule has 146 valence electrons. The van der Waals surface area contributed by atoms with Crippen LogP contribution in [-0.4, -0.2) is 42.0 Å². The zero-order valence-corrected chi connectivity index (χ0v) is 17.5. The molecule has 1 aliphatic heterocycles. The van der Waals surface area contributed by atoms with Crippen LogP contribution in [0, 0.1) is 5.92 Å². The molecule has 0 bridgehead atoms. The molecule has 28 heavy (non-hydrogen) atoms. The molecule has 4 nitrogen and oxygen atoms in total. The second-order valence-corrected chi connectivity index (χ2v) is 8.56. The van der Waals surface area contributed by atoms with E-state index in [4.69, 9.17) is 0 Å². The summed E-state index contributed by atoms with van der Waals surface area (Å²) in [5, 5.41) is 4.09. The van der Waals surface area contributed by atoms with Gasteiger partial charge in [0.1, 0.15) is 5.69 Å². The van der Waals surface area contributed by atoms with E-state index in [-0.39, 0.29) is 5.91 Å². The number of rotatable bonds is 6. The molecule has 0 saturated carbocycles. The summed E-state index contributed by atoms with van der Waals surface area (Å²) in [7, 11) is 0. The number of likely N-dealkylation sites (tertiary alicyclic amines) is 1. The van der Waals surface area contributed by atoms with Crippen LogP contribution in [0.2, 0.25) is 0 Å². The minimum absolute atomic E-state index is 0.0358. The van der Waals surface area contributed by atoms with Gasteiger partial charge in [0, 0.05) is 28.5 Å². The summed E-state index contributed by atoms with van der Waals surface area (Å²) < 4.78 is 1.02. The number of amides is 1. The first-order valence-electron chi connectivity index (χ1n) is 10.00. The Labute approximate surface area is 174 Å². The fourth-order valence-electron chi connectivity index (χ4n) is 4.01. The van der Waals surface area contributed by atoms with Crippen molar-refractivity contribution in [2.75, 3.05) is 26.2 Å². The van der Waals surface area contributed by atoms with Crippen molar-refractivity contribution in [2.45, 2.75) is 19.3 Å². The van der Waals surface area contributed by atoms with Crippen LogP contribution < -0.4 is 5.32 Å². The Morgan fingerprint density at radius 2 is 1.89 bits per heavy atom. The standard InChI is InChI=1S/C23H26BrN3O/c24-20-6-7-21-19(15-20)16-22(26-21)23(28)25-10-13-27-11-8-18(9-12-27)14-17-4-2-1-3-5-17/h1-7,15-16,18,26H,8-14H2,(H,25,28). The van der Waals surface area contributed by atoms with Gasteiger partial charge >= 0.3 is 0 Å². The van der Waals surface area contributed by atoms with E-state index in [9.17, 15) is 4.79 Å². The first-order chi connectivity index (χ1) is 13.7. The maximum Gasteiger partial charge on any atom is 0.267 e. The third-order valence-electron chi connectivity index (χ3n) is 5.62. The number of carbonyl (C=O) groups is 1. The van der Waals surface area contributed by atoms with Crippen LogP contribution >= 0.6 is 15.9 Å². The lowest BCUT2D eigenvalue weighted by Crippen LogP contribution is -2.40. The number of halogens is 1. The SMILES string of the molecule is O=C(NCCN1CCC(Cc2ccccc2)CC1)c1cc2cc(Br)ccc2[nH]1. The predicted molar refractivity (Wildman–Crippen MR) is 118 cm³/mol. The summed E-state index contributed by atoms with van der Waals surface area (Å²) in [4.78, 5) is 18.1. The summed E-state index contributed by atoms with van der Waals surface area (Å²) in [5.74, 6) is 0.741. The Hall–Kier alpha value is -2.11. The molecule has 0 radical (unpaired) electrons. The topological polar surface area (TPSA) is 48.1 Å². The molecule has 3 aromatic rings. The second kappa shape index (κ2) is 8.93. The number of fused-ring (bicyclic) bond motifs is 1. The van der Waals surface area contributed by atoms with E-state index in [1.54, 1.807) is 0 Å². The molecule has 1 saturated heterocycles. The quantitative estimate of drug-likeness (QED) is 0.588. The van der Waals surface area contributed by atoms with Gasteiger partial charge in [-0.15, -0.1) is 0 Å². The van der Waals surface area contributed by atoms with Crippen LogP contribution in [0.4, 0.5) is 0 Å². The number of hydrogen-bond donors (Lipinski definition) is 2. The van der Waals surface area contributed by atoms with Crippen molar-refractivity contribution in [3.8, 4) is 0 Å². The van der Waals surface area contributed by atoms with Crippen molar-refractivity contribution in [1.82, 2.24) is 15.2 Å². The van der Waals surface area contributed by atoms with Gasteiger partial charge in [0.05, 0.1) is 0 Å². The molecule has 2 heterocycles. The maximum atomic E-state index is 12.4. The van der Waals surface area contributed by atoms with Crippen LogP contribution in [0.15, 0.2) is 59.1 Å². The lowest BCUT2D eigenvalue weighted by molar-refractivity contribution is 0.0940. The van der Waals surface area contributed by atoms with E-state index >= 15 is 0 Å². The van der Waals surface area contributed by atoms with Crippen molar-refractivity contribution in [2.24, 2.45) is 5.92 Å². The molecule has 1 aromatic heterocycles. The molecular formula is C23H26BrN3O. The number of nitrogens with zero attached hydrogens (tertiary/aromatic N) is 1. The Morgan fingerprint density at radius 3 is 2.68 bits per heavy atom. The van der Waals surface area contributed by atoms with Gasteiger partial charge in [-0.05, 0) is 68.1 Å². The van der Waals surface area contributed by atoms with Crippen molar-refractivity contribution in [3.63, 3.8) is 0 Å². The predicted octanol–water partition coefficient (Wildman–Crippen LogP) is 4.61. The summed E-state index contributed by atoms with van der Waals surface area (Å²) in [6, 6.07) is 18.7. The van der Waals surface area contributed by atoms with Crippen LogP contribution in [-0.2, 0) is 6.42 Å². The Bertz CT molecular complexity index is 929. The van der Waals surface area contributed by atoms with Crippen molar-refractivity contribution >= 4 is 32.7 Å². The number of aromatic nitrogens is 1. The van der Waals surface area contributed by atoms with Gasteiger partial charge in [-0.25, -0.2) is 0 Å². The Morgan fingerprint density at radius 1 is 1.11 bits per heavy atom. The number of hydrogen-bond acceptors (Lipinski definition) is 2. The Balaban J connectivity index is 1.20. The van der Waals surface area contributed by atoms with Gasteiger partial charge in [0.25, 0.3) is 5.91 Å². The smallest absolute Gasteiger partial charge is 0.267 e. The fourth-order valence-corrected chi connectivity index (χ4v) is 4.39. The van der Waals surface area contributed by atoms with E-state index in [1.807, 2.05) is 24.3 Å². The number of benzene rings is 2. The summed E-state index contributed by atoms with van der Waals surface area (Å²) >= 11 is 3.47. The molecule has 2 aromatic carbocycles. The fraction of sp³-hybridized carbons (Fsp3) is 0.348. The van der Waals surface area contributed by atoms with Crippen molar-refractivity contribution < 1.29 is 4.79 Å². The summed E-state index contributed by atoms with van der Waals surface area (Å²) in [5.41, 5.74) is 3.04. The van der Waals surface area contributed by atoms with Gasteiger partial charge in [0.2, 0.25) is 0 Å². The van der Waals surface area contributed by atoms with Crippen molar-refractivity contribution in [1.29, 1.82) is 0 Å². The summed E-state index contributed by atoms with van der Waals surface area (Å²) in [6.45, 7) is 3.83. The second-order valence-electron chi connectivity index (χ2n) is 7.65. The molecule has 4 rings (SSSR count). The highest BCUT2D eigenvalue weighted by Crippen LogP contribution is 2.22. The Kier molecular flexibility index (Phi) is 6.13. The first-order valence-corrected chi connectivity index (χ1v) is 10.8. The third kappa shape index (κ3) is 4.83.